The van der Waals surface area contributed by atoms with Crippen molar-refractivity contribution in [1.82, 2.24) is 0 Å². The molecule has 0 spiro atoms. The van der Waals surface area contributed by atoms with Gasteiger partial charge in [0.1, 0.15) is 24.7 Å². The lowest BCUT2D eigenvalue weighted by Gasteiger charge is -2.33. The largest absolute Gasteiger partial charge is 0.497 e. The topological polar surface area (TPSA) is 71.1 Å². The second-order valence-electron chi connectivity index (χ2n) is 11.3. The van der Waals surface area contributed by atoms with E-state index in [1.165, 1.54) is 0 Å². The fourth-order valence-corrected chi connectivity index (χ4v) is 4.10. The van der Waals surface area contributed by atoms with Crippen LogP contribution in [0.25, 0.3) is 0 Å². The molecule has 2 rings (SSSR count). The predicted octanol–water partition coefficient (Wildman–Crippen LogP) is 6.60. The molecule has 2 unspecified atom stereocenters. The summed E-state index contributed by atoms with van der Waals surface area (Å²) in [7, 11) is 3.23. The number of methoxy groups -OCH3 is 2. The van der Waals surface area contributed by atoms with Gasteiger partial charge >= 0.3 is 11.9 Å². The molecule has 0 aliphatic heterocycles. The molecule has 0 amide bonds. The van der Waals surface area contributed by atoms with Gasteiger partial charge in [-0.15, -0.1) is 0 Å². The number of carbonyl (C=O) groups excluding carboxylic acids is 2. The van der Waals surface area contributed by atoms with Crippen LogP contribution >= 0.6 is 0 Å². The maximum Gasteiger partial charge on any atom is 0.309 e. The number of rotatable bonds is 11. The third kappa shape index (κ3) is 8.89. The van der Waals surface area contributed by atoms with Gasteiger partial charge in [0.25, 0.3) is 0 Å². The van der Waals surface area contributed by atoms with Crippen molar-refractivity contribution in [3.05, 3.63) is 59.7 Å². The molecular formula is C30H42O6. The highest BCUT2D eigenvalue weighted by Gasteiger charge is 2.37. The van der Waals surface area contributed by atoms with E-state index < -0.39 is 0 Å². The molecule has 0 heterocycles. The van der Waals surface area contributed by atoms with Gasteiger partial charge in [-0.1, -0.05) is 65.8 Å². The first-order valence-electron chi connectivity index (χ1n) is 12.4. The summed E-state index contributed by atoms with van der Waals surface area (Å²) in [5.41, 5.74) is 1.16. The Balaban J connectivity index is 2.02. The molecule has 6 heteroatoms. The van der Waals surface area contributed by atoms with E-state index in [1.54, 1.807) is 14.2 Å². The van der Waals surface area contributed by atoms with E-state index in [4.69, 9.17) is 18.9 Å². The van der Waals surface area contributed by atoms with E-state index >= 15 is 0 Å². The molecule has 0 bridgehead atoms. The van der Waals surface area contributed by atoms with Crippen molar-refractivity contribution in [2.75, 3.05) is 14.2 Å². The maximum absolute atomic E-state index is 13.1. The van der Waals surface area contributed by atoms with Crippen LogP contribution in [0.1, 0.15) is 65.5 Å². The average Bonchev–Trinajstić information content (AvgIpc) is 2.82. The fraction of sp³-hybridized carbons (Fsp3) is 0.533. The molecule has 0 aliphatic carbocycles. The lowest BCUT2D eigenvalue weighted by atomic mass is 9.72. The average molecular weight is 499 g/mol. The minimum atomic E-state index is -0.352. The maximum atomic E-state index is 13.1. The Kier molecular flexibility index (Phi) is 10.4. The van der Waals surface area contributed by atoms with E-state index in [0.29, 0.717) is 12.8 Å². The first kappa shape index (κ1) is 29.2. The Hall–Kier alpha value is -3.02. The molecule has 6 nitrogen and oxygen atoms in total. The van der Waals surface area contributed by atoms with Crippen molar-refractivity contribution in [1.29, 1.82) is 0 Å². The van der Waals surface area contributed by atoms with Crippen molar-refractivity contribution in [2.45, 2.75) is 67.6 Å². The minimum absolute atomic E-state index is 0.196. The van der Waals surface area contributed by atoms with E-state index in [1.807, 2.05) is 90.1 Å². The second kappa shape index (κ2) is 12.8. The number of hydrogen-bond donors (Lipinski definition) is 0. The molecule has 2 aromatic carbocycles. The number of ether oxygens (including phenoxy) is 4. The Labute approximate surface area is 216 Å². The molecule has 0 saturated heterocycles. The summed E-state index contributed by atoms with van der Waals surface area (Å²) < 4.78 is 21.7. The molecule has 2 atom stereocenters. The summed E-state index contributed by atoms with van der Waals surface area (Å²) in [4.78, 5) is 26.2. The van der Waals surface area contributed by atoms with Crippen LogP contribution in [0.3, 0.4) is 0 Å². The molecule has 0 radical (unpaired) electrons. The van der Waals surface area contributed by atoms with Gasteiger partial charge in [-0.25, -0.2) is 0 Å². The Bertz CT molecular complexity index is 883. The third-order valence-electron chi connectivity index (χ3n) is 6.48. The Morgan fingerprint density at radius 2 is 0.917 bits per heavy atom. The van der Waals surface area contributed by atoms with Crippen molar-refractivity contribution in [2.24, 2.45) is 22.7 Å². The van der Waals surface area contributed by atoms with Crippen LogP contribution in [-0.2, 0) is 32.3 Å². The highest BCUT2D eigenvalue weighted by molar-refractivity contribution is 5.75. The van der Waals surface area contributed by atoms with Crippen molar-refractivity contribution in [3.63, 3.8) is 0 Å². The SMILES string of the molecule is COc1ccc(COC(=O)C(CCC(C(=O)OCc2ccc(OC)cc2)C(C)(C)C)C(C)(C)C)cc1. The highest BCUT2D eigenvalue weighted by atomic mass is 16.5. The minimum Gasteiger partial charge on any atom is -0.497 e. The van der Waals surface area contributed by atoms with Gasteiger partial charge in [0, 0.05) is 0 Å². The van der Waals surface area contributed by atoms with Gasteiger partial charge in [-0.05, 0) is 59.1 Å². The third-order valence-corrected chi connectivity index (χ3v) is 6.48. The molecular weight excluding hydrogens is 456 g/mol. The fourth-order valence-electron chi connectivity index (χ4n) is 4.10. The zero-order valence-electron chi connectivity index (χ0n) is 23.1. The summed E-state index contributed by atoms with van der Waals surface area (Å²) in [5, 5.41) is 0. The number of benzene rings is 2. The van der Waals surface area contributed by atoms with Crippen molar-refractivity contribution >= 4 is 11.9 Å². The van der Waals surface area contributed by atoms with Gasteiger partial charge in [0.2, 0.25) is 0 Å². The quantitative estimate of drug-likeness (QED) is 0.325. The van der Waals surface area contributed by atoms with Gasteiger partial charge in [0.05, 0.1) is 26.1 Å². The summed E-state index contributed by atoms with van der Waals surface area (Å²) in [6.45, 7) is 12.6. The molecule has 198 valence electrons. The molecule has 36 heavy (non-hydrogen) atoms. The predicted molar refractivity (Wildman–Crippen MR) is 141 cm³/mol. The van der Waals surface area contributed by atoms with Crippen LogP contribution in [0.2, 0.25) is 0 Å². The normalized spacial score (nSPS) is 13.4. The van der Waals surface area contributed by atoms with E-state index in [-0.39, 0.29) is 47.8 Å². The van der Waals surface area contributed by atoms with E-state index in [2.05, 4.69) is 0 Å². The van der Waals surface area contributed by atoms with Gasteiger partial charge < -0.3 is 18.9 Å². The molecule has 0 N–H and O–H groups in total. The standard InChI is InChI=1S/C30H42O6/c1-29(2,3)25(27(31)35-19-21-9-13-23(33-7)14-10-21)17-18-26(30(4,5)6)28(32)36-20-22-11-15-24(34-8)16-12-22/h9-16,25-26H,17-20H2,1-8H3. The zero-order valence-corrected chi connectivity index (χ0v) is 23.1. The lowest BCUT2D eigenvalue weighted by Crippen LogP contribution is -2.34. The second-order valence-corrected chi connectivity index (χ2v) is 11.3. The van der Waals surface area contributed by atoms with Crippen LogP contribution in [0.5, 0.6) is 11.5 Å². The zero-order chi connectivity index (χ0) is 26.9. The van der Waals surface area contributed by atoms with Crippen LogP contribution in [-0.4, -0.2) is 26.2 Å². The monoisotopic (exact) mass is 498 g/mol. The summed E-state index contributed by atoms with van der Waals surface area (Å²) in [6, 6.07) is 14.9. The van der Waals surface area contributed by atoms with Gasteiger partial charge in [0.15, 0.2) is 0 Å². The molecule has 2 aromatic rings. The van der Waals surface area contributed by atoms with Crippen LogP contribution in [0.4, 0.5) is 0 Å². The summed E-state index contributed by atoms with van der Waals surface area (Å²) >= 11 is 0. The Morgan fingerprint density at radius 3 is 1.17 bits per heavy atom. The van der Waals surface area contributed by atoms with Crippen molar-refractivity contribution < 1.29 is 28.5 Å². The highest BCUT2D eigenvalue weighted by Crippen LogP contribution is 2.37. The van der Waals surface area contributed by atoms with Crippen molar-refractivity contribution in [3.8, 4) is 11.5 Å². The van der Waals surface area contributed by atoms with Crippen LogP contribution in [0, 0.1) is 22.7 Å². The molecule has 0 aromatic heterocycles. The molecule has 0 aliphatic rings. The first-order chi connectivity index (χ1) is 16.8. The Morgan fingerprint density at radius 1 is 0.611 bits per heavy atom. The summed E-state index contributed by atoms with van der Waals surface area (Å²) in [6.07, 6.45) is 1.06. The van der Waals surface area contributed by atoms with E-state index in [9.17, 15) is 9.59 Å². The number of esters is 2. The molecule has 0 fully saturated rings. The smallest absolute Gasteiger partial charge is 0.309 e. The first-order valence-corrected chi connectivity index (χ1v) is 12.4. The number of carbonyl (C=O) groups is 2. The lowest BCUT2D eigenvalue weighted by molar-refractivity contribution is -0.158. The van der Waals surface area contributed by atoms with Gasteiger partial charge in [-0.3, -0.25) is 9.59 Å². The summed E-state index contributed by atoms with van der Waals surface area (Å²) in [5.74, 6) is 0.301. The van der Waals surface area contributed by atoms with Crippen LogP contribution in [0.15, 0.2) is 48.5 Å². The van der Waals surface area contributed by atoms with E-state index in [0.717, 1.165) is 22.6 Å². The van der Waals surface area contributed by atoms with Gasteiger partial charge in [-0.2, -0.15) is 0 Å². The van der Waals surface area contributed by atoms with Crippen LogP contribution < -0.4 is 9.47 Å². The molecule has 0 saturated carbocycles. The number of hydrogen-bond acceptors (Lipinski definition) is 6.